The number of sulfonamides is 1. The summed E-state index contributed by atoms with van der Waals surface area (Å²) in [6.45, 7) is 0. The summed E-state index contributed by atoms with van der Waals surface area (Å²) in [5.41, 5.74) is 0.368. The first-order valence-corrected chi connectivity index (χ1v) is 6.59. The zero-order chi connectivity index (χ0) is 12.6. The molecule has 0 amide bonds. The van der Waals surface area contributed by atoms with Gasteiger partial charge in [0.1, 0.15) is 5.69 Å². The van der Waals surface area contributed by atoms with Gasteiger partial charge in [0.25, 0.3) is 0 Å². The Balaban J connectivity index is 2.72. The lowest BCUT2D eigenvalue weighted by Gasteiger charge is -2.08. The van der Waals surface area contributed by atoms with Gasteiger partial charge in [0.05, 0.1) is 11.8 Å². The molecule has 1 aromatic heterocycles. The third-order valence-electron chi connectivity index (χ3n) is 2.19. The Kier molecular flexibility index (Phi) is 2.55. The Morgan fingerprint density at radius 3 is 2.59 bits per heavy atom. The number of rotatable bonds is 3. The highest BCUT2D eigenvalue weighted by molar-refractivity contribution is 7.91. The highest BCUT2D eigenvalue weighted by atomic mass is 32.2. The number of hydrogen-bond acceptors (Lipinski definition) is 3. The van der Waals surface area contributed by atoms with Gasteiger partial charge in [-0.3, -0.25) is 0 Å². The molecule has 1 heterocycles. The number of fused-ring (bicyclic) bond motifs is 1. The molecule has 0 fully saturated rings. The van der Waals surface area contributed by atoms with E-state index in [1.54, 1.807) is 24.3 Å². The van der Waals surface area contributed by atoms with Crippen molar-refractivity contribution >= 4 is 26.9 Å². The normalized spacial score (nSPS) is 11.6. The predicted molar refractivity (Wildman–Crippen MR) is 63.1 cm³/mol. The Morgan fingerprint density at radius 2 is 2.00 bits per heavy atom. The van der Waals surface area contributed by atoms with Crippen LogP contribution < -0.4 is 4.83 Å². The van der Waals surface area contributed by atoms with Crippen LogP contribution in [0.4, 0.5) is 0 Å². The number of hydrogen-bond donors (Lipinski definition) is 2. The van der Waals surface area contributed by atoms with Gasteiger partial charge in [-0.25, -0.2) is 22.7 Å². The average molecular weight is 254 g/mol. The second-order valence-electron chi connectivity index (χ2n) is 3.59. The lowest BCUT2D eigenvalue weighted by Crippen LogP contribution is -2.24. The van der Waals surface area contributed by atoms with Crippen LogP contribution in [0.15, 0.2) is 30.3 Å². The third-order valence-corrected chi connectivity index (χ3v) is 2.70. The van der Waals surface area contributed by atoms with Crippen molar-refractivity contribution in [2.45, 2.75) is 0 Å². The quantitative estimate of drug-likeness (QED) is 0.849. The van der Waals surface area contributed by atoms with Gasteiger partial charge in [-0.1, -0.05) is 18.2 Å². The van der Waals surface area contributed by atoms with Crippen LogP contribution in [0.2, 0.25) is 0 Å². The summed E-state index contributed by atoms with van der Waals surface area (Å²) in [5, 5.41) is 9.66. The van der Waals surface area contributed by atoms with E-state index in [0.29, 0.717) is 10.9 Å². The van der Waals surface area contributed by atoms with Crippen molar-refractivity contribution in [2.24, 2.45) is 0 Å². The number of benzene rings is 1. The Hall–Kier alpha value is -2.02. The minimum Gasteiger partial charge on any atom is -0.477 e. The number of nitrogens with zero attached hydrogens (tertiary/aromatic N) is 1. The van der Waals surface area contributed by atoms with Crippen LogP contribution in [-0.2, 0) is 10.0 Å². The van der Waals surface area contributed by atoms with Crippen molar-refractivity contribution in [3.05, 3.63) is 36.0 Å². The van der Waals surface area contributed by atoms with Crippen LogP contribution in [-0.4, -0.2) is 30.4 Å². The smallest absolute Gasteiger partial charge is 0.354 e. The summed E-state index contributed by atoms with van der Waals surface area (Å²) in [7, 11) is -3.54. The molecule has 0 saturated heterocycles. The molecule has 0 unspecified atom stereocenters. The average Bonchev–Trinajstić information content (AvgIpc) is 2.55. The van der Waals surface area contributed by atoms with E-state index in [2.05, 4.69) is 4.83 Å². The van der Waals surface area contributed by atoms with Crippen molar-refractivity contribution < 1.29 is 18.3 Å². The summed E-state index contributed by atoms with van der Waals surface area (Å²) >= 11 is 0. The van der Waals surface area contributed by atoms with Gasteiger partial charge in [-0.05, 0) is 12.1 Å². The fraction of sp³-hybridized carbons (Fsp3) is 0.100. The molecule has 0 spiro atoms. The number of aromatic nitrogens is 1. The van der Waals surface area contributed by atoms with Gasteiger partial charge in [0, 0.05) is 5.39 Å². The monoisotopic (exact) mass is 254 g/mol. The molecule has 0 aliphatic heterocycles. The Bertz CT molecular complexity index is 687. The van der Waals surface area contributed by atoms with Gasteiger partial charge in [-0.15, -0.1) is 0 Å². The summed E-state index contributed by atoms with van der Waals surface area (Å²) in [5.74, 6) is -1.20. The molecule has 2 aromatic rings. The van der Waals surface area contributed by atoms with Crippen LogP contribution >= 0.6 is 0 Å². The molecule has 6 nitrogen and oxygen atoms in total. The van der Waals surface area contributed by atoms with Crippen LogP contribution in [0.1, 0.15) is 10.5 Å². The summed E-state index contributed by atoms with van der Waals surface area (Å²) in [6.07, 6.45) is 0.966. The molecule has 17 heavy (non-hydrogen) atoms. The molecule has 0 atom stereocenters. The van der Waals surface area contributed by atoms with Crippen molar-refractivity contribution in [3.63, 3.8) is 0 Å². The highest BCUT2D eigenvalue weighted by Crippen LogP contribution is 2.18. The minimum absolute atomic E-state index is 0.128. The lowest BCUT2D eigenvalue weighted by molar-refractivity contribution is 0.0688. The van der Waals surface area contributed by atoms with Gasteiger partial charge < -0.3 is 5.11 Å². The number of carbonyl (C=O) groups is 1. The maximum Gasteiger partial charge on any atom is 0.354 e. The molecule has 1 aromatic carbocycles. The van der Waals surface area contributed by atoms with E-state index in [0.717, 1.165) is 10.9 Å². The second kappa shape index (κ2) is 3.77. The minimum atomic E-state index is -3.54. The summed E-state index contributed by atoms with van der Waals surface area (Å²) in [6, 6.07) is 8.21. The number of para-hydroxylation sites is 1. The molecule has 0 saturated carbocycles. The number of carboxylic acid groups (broad SMARTS) is 1. The van der Waals surface area contributed by atoms with E-state index < -0.39 is 16.0 Å². The van der Waals surface area contributed by atoms with Crippen molar-refractivity contribution in [2.75, 3.05) is 11.1 Å². The van der Waals surface area contributed by atoms with Crippen molar-refractivity contribution in [1.82, 2.24) is 4.68 Å². The van der Waals surface area contributed by atoms with Gasteiger partial charge in [0.2, 0.25) is 10.0 Å². The van der Waals surface area contributed by atoms with Gasteiger partial charge in [0.15, 0.2) is 0 Å². The van der Waals surface area contributed by atoms with E-state index in [4.69, 9.17) is 5.11 Å². The van der Waals surface area contributed by atoms with E-state index >= 15 is 0 Å². The first kappa shape index (κ1) is 11.5. The fourth-order valence-electron chi connectivity index (χ4n) is 1.58. The first-order chi connectivity index (χ1) is 7.88. The Labute approximate surface area is 97.5 Å². The van der Waals surface area contributed by atoms with E-state index in [-0.39, 0.29) is 5.69 Å². The van der Waals surface area contributed by atoms with Gasteiger partial charge >= 0.3 is 5.97 Å². The molecule has 7 heteroatoms. The van der Waals surface area contributed by atoms with Crippen molar-refractivity contribution in [3.8, 4) is 0 Å². The maximum absolute atomic E-state index is 11.2. The SMILES string of the molecule is CS(=O)(=O)Nn1c(C(=O)O)cc2ccccc21. The molecule has 0 bridgehead atoms. The molecule has 0 aliphatic carbocycles. The second-order valence-corrected chi connectivity index (χ2v) is 5.32. The third kappa shape index (κ3) is 2.23. The zero-order valence-electron chi connectivity index (χ0n) is 8.91. The van der Waals surface area contributed by atoms with E-state index in [1.807, 2.05) is 0 Å². The molecule has 2 rings (SSSR count). The number of aromatic carboxylic acids is 1. The summed E-state index contributed by atoms with van der Waals surface area (Å²) in [4.78, 5) is 13.2. The number of carboxylic acids is 1. The zero-order valence-corrected chi connectivity index (χ0v) is 9.73. The predicted octanol–water partition coefficient (Wildman–Crippen LogP) is 0.843. The molecule has 0 aliphatic rings. The van der Waals surface area contributed by atoms with Crippen LogP contribution in [0.25, 0.3) is 10.9 Å². The standard InChI is InChI=1S/C10H10N2O4S/c1-17(15,16)11-12-8-5-3-2-4-7(8)6-9(12)10(13)14/h2-6,11H,1H3,(H,13,14). The topological polar surface area (TPSA) is 88.4 Å². The van der Waals surface area contributed by atoms with Crippen LogP contribution in [0.3, 0.4) is 0 Å². The van der Waals surface area contributed by atoms with Crippen LogP contribution in [0.5, 0.6) is 0 Å². The first-order valence-electron chi connectivity index (χ1n) is 4.70. The summed E-state index contributed by atoms with van der Waals surface area (Å²) < 4.78 is 23.4. The van der Waals surface area contributed by atoms with E-state index in [1.165, 1.54) is 6.07 Å². The molecule has 2 N–H and O–H groups in total. The fourth-order valence-corrected chi connectivity index (χ4v) is 2.10. The van der Waals surface area contributed by atoms with Crippen LogP contribution in [0, 0.1) is 0 Å². The number of nitrogens with one attached hydrogen (secondary N) is 1. The molecular weight excluding hydrogens is 244 g/mol. The van der Waals surface area contributed by atoms with E-state index in [9.17, 15) is 13.2 Å². The van der Waals surface area contributed by atoms with Crippen molar-refractivity contribution in [1.29, 1.82) is 0 Å². The molecule has 0 radical (unpaired) electrons. The highest BCUT2D eigenvalue weighted by Gasteiger charge is 2.16. The van der Waals surface area contributed by atoms with Gasteiger partial charge in [-0.2, -0.15) is 0 Å². The Morgan fingerprint density at radius 1 is 1.35 bits per heavy atom. The maximum atomic E-state index is 11.2. The lowest BCUT2D eigenvalue weighted by atomic mass is 10.2. The largest absolute Gasteiger partial charge is 0.477 e. The molecular formula is C10H10N2O4S. The molecule has 90 valence electrons.